The molecule has 3 atom stereocenters. The molecule has 1 fully saturated rings. The molecule has 0 aromatic heterocycles. The molecule has 1 aliphatic heterocycles. The number of amides is 1. The molecule has 2 N–H and O–H groups in total. The van der Waals surface area contributed by atoms with Crippen molar-refractivity contribution in [1.82, 2.24) is 10.2 Å². The Morgan fingerprint density at radius 2 is 1.90 bits per heavy atom. The Labute approximate surface area is 238 Å². The summed E-state index contributed by atoms with van der Waals surface area (Å²) in [7, 11) is 0. The van der Waals surface area contributed by atoms with Crippen molar-refractivity contribution in [2.45, 2.75) is 64.5 Å². The predicted octanol–water partition coefficient (Wildman–Crippen LogP) is 4.81. The highest BCUT2D eigenvalue weighted by Gasteiger charge is 2.33. The molecule has 2 aromatic rings. The van der Waals surface area contributed by atoms with Crippen molar-refractivity contribution in [3.8, 4) is 0 Å². The molecular formula is C33H42N2O5. The SMILES string of the molecule is C=C/C(=C\C=C/C)c1ccc(C[C@H](CC(=O)OCC)NC(=O)CN2CCC[C@H]2[C@H](O)OCc2ccccc2)cc1. The van der Waals surface area contributed by atoms with Crippen LogP contribution in [0.1, 0.15) is 49.8 Å². The third-order valence-corrected chi connectivity index (χ3v) is 6.89. The molecule has 0 spiro atoms. The van der Waals surface area contributed by atoms with Crippen molar-refractivity contribution in [3.63, 3.8) is 0 Å². The first-order valence-corrected chi connectivity index (χ1v) is 14.0. The van der Waals surface area contributed by atoms with Gasteiger partial charge in [0.1, 0.15) is 0 Å². The number of carbonyl (C=O) groups is 2. The molecule has 0 saturated carbocycles. The molecule has 2 aromatic carbocycles. The third kappa shape index (κ3) is 9.90. The maximum absolute atomic E-state index is 13.1. The minimum Gasteiger partial charge on any atom is -0.466 e. The second kappa shape index (κ2) is 16.6. The van der Waals surface area contributed by atoms with Gasteiger partial charge in [-0.05, 0) is 61.9 Å². The standard InChI is InChI=1S/C33H42N2O5/c1-4-7-14-27(5-2)28-18-16-25(17-19-28)21-29(22-32(37)39-6-3)34-31(36)23-35-20-11-15-30(35)33(38)40-24-26-12-9-8-10-13-26/h4-5,7-10,12-14,16-19,29-30,33,38H,2,6,11,15,20-24H2,1,3H3,(H,34,36)/b7-4-,27-14+/t29-,30+,33-/m1/s1. The molecule has 1 aliphatic rings. The zero-order valence-electron chi connectivity index (χ0n) is 23.6. The molecule has 1 saturated heterocycles. The summed E-state index contributed by atoms with van der Waals surface area (Å²) >= 11 is 0. The average molecular weight is 547 g/mol. The highest BCUT2D eigenvalue weighted by atomic mass is 16.6. The number of hydrogen-bond donors (Lipinski definition) is 2. The topological polar surface area (TPSA) is 88.1 Å². The Hall–Kier alpha value is -3.52. The highest BCUT2D eigenvalue weighted by Crippen LogP contribution is 2.22. The van der Waals surface area contributed by atoms with Crippen molar-refractivity contribution in [2.24, 2.45) is 0 Å². The minimum atomic E-state index is -0.994. The Morgan fingerprint density at radius 1 is 1.15 bits per heavy atom. The lowest BCUT2D eigenvalue weighted by atomic mass is 9.99. The lowest BCUT2D eigenvalue weighted by Crippen LogP contribution is -2.48. The number of carbonyl (C=O) groups excluding carboxylic acids is 2. The Balaban J connectivity index is 1.61. The normalized spacial score (nSPS) is 17.5. The van der Waals surface area contributed by atoms with Crippen LogP contribution in [0.2, 0.25) is 0 Å². The zero-order chi connectivity index (χ0) is 28.7. The summed E-state index contributed by atoms with van der Waals surface area (Å²) in [6.07, 6.45) is 8.93. The predicted molar refractivity (Wildman–Crippen MR) is 158 cm³/mol. The van der Waals surface area contributed by atoms with Crippen LogP contribution in [0.3, 0.4) is 0 Å². The Kier molecular flexibility index (Phi) is 12.8. The van der Waals surface area contributed by atoms with Crippen LogP contribution in [0.15, 0.2) is 85.5 Å². The van der Waals surface area contributed by atoms with Crippen LogP contribution in [0, 0.1) is 0 Å². The van der Waals surface area contributed by atoms with E-state index in [4.69, 9.17) is 9.47 Å². The molecule has 1 heterocycles. The van der Waals surface area contributed by atoms with Gasteiger partial charge in [0.2, 0.25) is 5.91 Å². The lowest BCUT2D eigenvalue weighted by Gasteiger charge is -2.28. The zero-order valence-corrected chi connectivity index (χ0v) is 23.6. The van der Waals surface area contributed by atoms with Gasteiger partial charge in [-0.1, -0.05) is 85.5 Å². The fourth-order valence-corrected chi connectivity index (χ4v) is 4.89. The fraction of sp³-hybridized carbons (Fsp3) is 0.394. The van der Waals surface area contributed by atoms with Gasteiger partial charge in [-0.25, -0.2) is 0 Å². The minimum absolute atomic E-state index is 0.0761. The van der Waals surface area contributed by atoms with Crippen LogP contribution >= 0.6 is 0 Å². The van der Waals surface area contributed by atoms with Gasteiger partial charge in [-0.3, -0.25) is 14.5 Å². The highest BCUT2D eigenvalue weighted by molar-refractivity contribution is 5.79. The quantitative estimate of drug-likeness (QED) is 0.189. The number of benzene rings is 2. The number of allylic oxidation sites excluding steroid dienone is 5. The summed E-state index contributed by atoms with van der Waals surface area (Å²) in [5.74, 6) is -0.548. The maximum atomic E-state index is 13.1. The number of nitrogens with zero attached hydrogens (tertiary/aromatic N) is 1. The second-order valence-corrected chi connectivity index (χ2v) is 9.89. The van der Waals surface area contributed by atoms with Crippen LogP contribution in [0.4, 0.5) is 0 Å². The average Bonchev–Trinajstić information content (AvgIpc) is 3.41. The van der Waals surface area contributed by atoms with E-state index in [1.807, 2.05) is 90.7 Å². The van der Waals surface area contributed by atoms with Gasteiger partial charge in [0, 0.05) is 6.04 Å². The summed E-state index contributed by atoms with van der Waals surface area (Å²) < 4.78 is 10.9. The van der Waals surface area contributed by atoms with Crippen LogP contribution < -0.4 is 5.32 Å². The van der Waals surface area contributed by atoms with Crippen LogP contribution in [0.25, 0.3) is 5.57 Å². The molecule has 7 nitrogen and oxygen atoms in total. The summed E-state index contributed by atoms with van der Waals surface area (Å²) in [4.78, 5) is 27.4. The molecule has 0 radical (unpaired) electrons. The summed E-state index contributed by atoms with van der Waals surface area (Å²) in [5.41, 5.74) is 4.02. The summed E-state index contributed by atoms with van der Waals surface area (Å²) in [6, 6.07) is 17.0. The third-order valence-electron chi connectivity index (χ3n) is 6.89. The monoisotopic (exact) mass is 546 g/mol. The molecular weight excluding hydrogens is 504 g/mol. The van der Waals surface area contributed by atoms with E-state index >= 15 is 0 Å². The van der Waals surface area contributed by atoms with E-state index in [1.165, 1.54) is 0 Å². The van der Waals surface area contributed by atoms with Crippen molar-refractivity contribution < 1.29 is 24.2 Å². The molecule has 40 heavy (non-hydrogen) atoms. The molecule has 214 valence electrons. The van der Waals surface area contributed by atoms with Gasteiger partial charge >= 0.3 is 5.97 Å². The maximum Gasteiger partial charge on any atom is 0.307 e. The first-order chi connectivity index (χ1) is 19.4. The van der Waals surface area contributed by atoms with E-state index in [-0.39, 0.29) is 37.5 Å². The molecule has 0 unspecified atom stereocenters. The largest absolute Gasteiger partial charge is 0.466 e. The van der Waals surface area contributed by atoms with E-state index < -0.39 is 12.3 Å². The van der Waals surface area contributed by atoms with Crippen molar-refractivity contribution in [3.05, 3.63) is 102 Å². The summed E-state index contributed by atoms with van der Waals surface area (Å²) in [5, 5.41) is 13.7. The van der Waals surface area contributed by atoms with Crippen LogP contribution in [-0.4, -0.2) is 60.0 Å². The lowest BCUT2D eigenvalue weighted by molar-refractivity contribution is -0.148. The number of esters is 1. The number of aliphatic hydroxyl groups is 1. The second-order valence-electron chi connectivity index (χ2n) is 9.89. The number of ether oxygens (including phenoxy) is 2. The molecule has 3 rings (SSSR count). The molecule has 1 amide bonds. The van der Waals surface area contributed by atoms with Crippen LogP contribution in [-0.2, 0) is 32.1 Å². The van der Waals surface area contributed by atoms with Gasteiger partial charge in [0.25, 0.3) is 0 Å². The fourth-order valence-electron chi connectivity index (χ4n) is 4.89. The number of aliphatic hydroxyl groups excluding tert-OH is 1. The van der Waals surface area contributed by atoms with Crippen molar-refractivity contribution in [1.29, 1.82) is 0 Å². The molecule has 0 aliphatic carbocycles. The molecule has 0 bridgehead atoms. The van der Waals surface area contributed by atoms with Gasteiger partial charge in [0.15, 0.2) is 6.29 Å². The first kappa shape index (κ1) is 31.0. The number of hydrogen-bond acceptors (Lipinski definition) is 6. The number of rotatable bonds is 15. The number of nitrogens with one attached hydrogen (secondary N) is 1. The van der Waals surface area contributed by atoms with Crippen LogP contribution in [0.5, 0.6) is 0 Å². The van der Waals surface area contributed by atoms with E-state index in [0.29, 0.717) is 19.6 Å². The Morgan fingerprint density at radius 3 is 2.58 bits per heavy atom. The van der Waals surface area contributed by atoms with E-state index in [1.54, 1.807) is 6.92 Å². The molecule has 7 heteroatoms. The van der Waals surface area contributed by atoms with Gasteiger partial charge < -0.3 is 19.9 Å². The Bertz CT molecular complexity index is 1140. The smallest absolute Gasteiger partial charge is 0.307 e. The number of likely N-dealkylation sites (tertiary alicyclic amines) is 1. The van der Waals surface area contributed by atoms with Crippen molar-refractivity contribution >= 4 is 17.4 Å². The van der Waals surface area contributed by atoms with E-state index in [2.05, 4.69) is 11.9 Å². The summed E-state index contributed by atoms with van der Waals surface area (Å²) in [6.45, 7) is 9.03. The first-order valence-electron chi connectivity index (χ1n) is 14.0. The van der Waals surface area contributed by atoms with Gasteiger partial charge in [-0.2, -0.15) is 0 Å². The van der Waals surface area contributed by atoms with Gasteiger partial charge in [0.05, 0.1) is 32.2 Å². The van der Waals surface area contributed by atoms with Crippen molar-refractivity contribution in [2.75, 3.05) is 19.7 Å². The van der Waals surface area contributed by atoms with E-state index in [0.717, 1.165) is 35.1 Å². The van der Waals surface area contributed by atoms with Gasteiger partial charge in [-0.15, -0.1) is 0 Å². The van der Waals surface area contributed by atoms with E-state index in [9.17, 15) is 14.7 Å².